The molecule has 0 spiro atoms. The normalized spacial score (nSPS) is 11.6. The minimum atomic E-state index is -3.53. The average molecular weight is 411 g/mol. The Hall–Kier alpha value is -1.89. The number of carbonyl (C=O) groups excluding carboxylic acids is 1. The van der Waals surface area contributed by atoms with Gasteiger partial charge < -0.3 is 10.6 Å². The van der Waals surface area contributed by atoms with E-state index in [1.165, 1.54) is 12.1 Å². The van der Waals surface area contributed by atoms with E-state index in [1.807, 2.05) is 19.9 Å². The summed E-state index contributed by atoms with van der Waals surface area (Å²) in [5.74, 6) is -0.315. The molecule has 7 heteroatoms. The molecule has 0 aliphatic carbocycles. The topological polar surface area (TPSA) is 80.5 Å². The van der Waals surface area contributed by atoms with Crippen LogP contribution in [0.3, 0.4) is 0 Å². The maximum absolute atomic E-state index is 12.7. The largest absolute Gasteiger partial charge is 0.341 e. The Kier molecular flexibility index (Phi) is 8.02. The van der Waals surface area contributed by atoms with E-state index in [9.17, 15) is 13.2 Å². The first-order valence-electron chi connectivity index (χ1n) is 8.47. The summed E-state index contributed by atoms with van der Waals surface area (Å²) in [6, 6.07) is 15.2. The zero-order chi connectivity index (χ0) is 19.4. The fourth-order valence-electron chi connectivity index (χ4n) is 2.70. The van der Waals surface area contributed by atoms with Crippen molar-refractivity contribution in [2.24, 2.45) is 11.1 Å². The standard InChI is InChI=1S/C20H26N2O3S.ClH/c1-20(2,14-21)15-22(3)19(23)17-10-7-11-18(12-17)26(24,25)13-16-8-5-4-6-9-16;/h4-12H,13-15,21H2,1-3H3;1H. The van der Waals surface area contributed by atoms with Gasteiger partial charge in [0.25, 0.3) is 5.91 Å². The molecule has 2 N–H and O–H groups in total. The third kappa shape index (κ3) is 6.34. The van der Waals surface area contributed by atoms with Crippen LogP contribution in [0.1, 0.15) is 29.8 Å². The molecule has 0 fully saturated rings. The molecule has 0 aliphatic rings. The van der Waals surface area contributed by atoms with Crippen molar-refractivity contribution in [3.63, 3.8) is 0 Å². The molecule has 2 rings (SSSR count). The molecular formula is C20H27ClN2O3S. The molecule has 27 heavy (non-hydrogen) atoms. The van der Waals surface area contributed by atoms with E-state index >= 15 is 0 Å². The second-order valence-electron chi connectivity index (χ2n) is 7.30. The molecule has 0 aromatic heterocycles. The highest BCUT2D eigenvalue weighted by Gasteiger charge is 2.23. The van der Waals surface area contributed by atoms with Gasteiger partial charge in [0.2, 0.25) is 0 Å². The first kappa shape index (κ1) is 23.1. The van der Waals surface area contributed by atoms with Crippen molar-refractivity contribution < 1.29 is 13.2 Å². The number of sulfone groups is 1. The van der Waals surface area contributed by atoms with Crippen LogP contribution in [-0.4, -0.2) is 39.4 Å². The van der Waals surface area contributed by atoms with Crippen molar-refractivity contribution in [2.45, 2.75) is 24.5 Å². The Bertz CT molecular complexity index is 868. The quantitative estimate of drug-likeness (QED) is 0.760. The molecule has 0 saturated carbocycles. The maximum Gasteiger partial charge on any atom is 0.253 e. The van der Waals surface area contributed by atoms with Gasteiger partial charge in [-0.05, 0) is 35.7 Å². The van der Waals surface area contributed by atoms with Gasteiger partial charge in [0.15, 0.2) is 9.84 Å². The smallest absolute Gasteiger partial charge is 0.253 e. The van der Waals surface area contributed by atoms with E-state index in [1.54, 1.807) is 48.3 Å². The summed E-state index contributed by atoms with van der Waals surface area (Å²) in [4.78, 5) is 14.4. The molecular weight excluding hydrogens is 384 g/mol. The highest BCUT2D eigenvalue weighted by Crippen LogP contribution is 2.20. The van der Waals surface area contributed by atoms with E-state index in [0.717, 1.165) is 0 Å². The number of nitrogens with two attached hydrogens (primary N) is 1. The van der Waals surface area contributed by atoms with Crippen LogP contribution < -0.4 is 5.73 Å². The molecule has 2 aromatic carbocycles. The van der Waals surface area contributed by atoms with Gasteiger partial charge in [0, 0.05) is 19.2 Å². The second kappa shape index (κ2) is 9.35. The fourth-order valence-corrected chi connectivity index (χ4v) is 4.09. The summed E-state index contributed by atoms with van der Waals surface area (Å²) in [5.41, 5.74) is 6.59. The number of hydrogen-bond donors (Lipinski definition) is 1. The van der Waals surface area contributed by atoms with Gasteiger partial charge in [-0.3, -0.25) is 4.79 Å². The van der Waals surface area contributed by atoms with Gasteiger partial charge >= 0.3 is 0 Å². The number of nitrogens with zero attached hydrogens (tertiary/aromatic N) is 1. The lowest BCUT2D eigenvalue weighted by molar-refractivity contribution is 0.0740. The van der Waals surface area contributed by atoms with E-state index < -0.39 is 9.84 Å². The average Bonchev–Trinajstić information content (AvgIpc) is 2.61. The molecule has 0 unspecified atom stereocenters. The monoisotopic (exact) mass is 410 g/mol. The van der Waals surface area contributed by atoms with E-state index in [2.05, 4.69) is 0 Å². The zero-order valence-electron chi connectivity index (χ0n) is 15.9. The fraction of sp³-hybridized carbons (Fsp3) is 0.350. The van der Waals surface area contributed by atoms with Crippen LogP contribution in [0.25, 0.3) is 0 Å². The van der Waals surface area contributed by atoms with Crippen LogP contribution in [0.2, 0.25) is 0 Å². The third-order valence-corrected chi connectivity index (χ3v) is 5.89. The molecule has 0 heterocycles. The van der Waals surface area contributed by atoms with Crippen molar-refractivity contribution in [3.8, 4) is 0 Å². The number of halogens is 1. The van der Waals surface area contributed by atoms with E-state index in [0.29, 0.717) is 24.2 Å². The van der Waals surface area contributed by atoms with E-state index in [4.69, 9.17) is 5.73 Å². The molecule has 1 amide bonds. The summed E-state index contributed by atoms with van der Waals surface area (Å²) in [5, 5.41) is 0. The molecule has 0 bridgehead atoms. The van der Waals surface area contributed by atoms with Crippen LogP contribution in [0, 0.1) is 5.41 Å². The van der Waals surface area contributed by atoms with Crippen molar-refractivity contribution in [3.05, 3.63) is 65.7 Å². The van der Waals surface area contributed by atoms with Crippen molar-refractivity contribution >= 4 is 28.2 Å². The minimum Gasteiger partial charge on any atom is -0.341 e. The minimum absolute atomic E-state index is 0. The van der Waals surface area contributed by atoms with Crippen LogP contribution in [0.15, 0.2) is 59.5 Å². The molecule has 0 atom stereocenters. The Labute approximate surface area is 167 Å². The predicted octanol–water partition coefficient (Wildman–Crippen LogP) is 3.14. The highest BCUT2D eigenvalue weighted by atomic mass is 35.5. The van der Waals surface area contributed by atoms with Crippen LogP contribution in [0.4, 0.5) is 0 Å². The van der Waals surface area contributed by atoms with Crippen molar-refractivity contribution in [1.82, 2.24) is 4.90 Å². The second-order valence-corrected chi connectivity index (χ2v) is 9.29. The molecule has 2 aromatic rings. The molecule has 0 radical (unpaired) electrons. The van der Waals surface area contributed by atoms with Crippen molar-refractivity contribution in [1.29, 1.82) is 0 Å². The van der Waals surface area contributed by atoms with Crippen LogP contribution in [0.5, 0.6) is 0 Å². The van der Waals surface area contributed by atoms with Gasteiger partial charge in [0.1, 0.15) is 0 Å². The zero-order valence-corrected chi connectivity index (χ0v) is 17.5. The summed E-state index contributed by atoms with van der Waals surface area (Å²) in [7, 11) is -1.83. The predicted molar refractivity (Wildman–Crippen MR) is 111 cm³/mol. The first-order valence-corrected chi connectivity index (χ1v) is 10.1. The molecule has 0 saturated heterocycles. The van der Waals surface area contributed by atoms with Gasteiger partial charge in [-0.1, -0.05) is 50.2 Å². The number of amides is 1. The Morgan fingerprint density at radius 3 is 2.30 bits per heavy atom. The SMILES string of the molecule is CN(CC(C)(C)CN)C(=O)c1cccc(S(=O)(=O)Cc2ccccc2)c1.Cl. The summed E-state index contributed by atoms with van der Waals surface area (Å²) in [6.07, 6.45) is 0. The first-order chi connectivity index (χ1) is 12.1. The molecule has 0 aliphatic heterocycles. The Morgan fingerprint density at radius 1 is 1.07 bits per heavy atom. The van der Waals surface area contributed by atoms with Gasteiger partial charge in [-0.2, -0.15) is 0 Å². The lowest BCUT2D eigenvalue weighted by Crippen LogP contribution is -2.39. The Balaban J connectivity index is 0.00000364. The molecule has 5 nitrogen and oxygen atoms in total. The number of hydrogen-bond acceptors (Lipinski definition) is 4. The lowest BCUT2D eigenvalue weighted by Gasteiger charge is -2.29. The van der Waals surface area contributed by atoms with Crippen LogP contribution >= 0.6 is 12.4 Å². The highest BCUT2D eigenvalue weighted by molar-refractivity contribution is 7.90. The van der Waals surface area contributed by atoms with Gasteiger partial charge in [0.05, 0.1) is 10.6 Å². The number of carbonyl (C=O) groups is 1. The maximum atomic E-state index is 12.7. The Morgan fingerprint density at radius 2 is 1.70 bits per heavy atom. The van der Waals surface area contributed by atoms with Crippen molar-refractivity contribution in [2.75, 3.05) is 20.1 Å². The van der Waals surface area contributed by atoms with Gasteiger partial charge in [-0.15, -0.1) is 12.4 Å². The van der Waals surface area contributed by atoms with E-state index in [-0.39, 0.29) is 34.4 Å². The number of rotatable bonds is 7. The molecule has 148 valence electrons. The summed E-state index contributed by atoms with van der Waals surface area (Å²) < 4.78 is 25.4. The van der Waals surface area contributed by atoms with Crippen LogP contribution in [-0.2, 0) is 15.6 Å². The summed E-state index contributed by atoms with van der Waals surface area (Å²) >= 11 is 0. The summed E-state index contributed by atoms with van der Waals surface area (Å²) in [6.45, 7) is 4.91. The lowest BCUT2D eigenvalue weighted by atomic mass is 9.93. The number of benzene rings is 2. The van der Waals surface area contributed by atoms with Gasteiger partial charge in [-0.25, -0.2) is 8.42 Å². The third-order valence-electron chi connectivity index (χ3n) is 4.20.